The van der Waals surface area contributed by atoms with E-state index >= 15 is 0 Å². The lowest BCUT2D eigenvalue weighted by Crippen LogP contribution is -2.51. The lowest BCUT2D eigenvalue weighted by molar-refractivity contribution is -0.119. The topological polar surface area (TPSA) is 56.1 Å². The molecule has 4 nitrogen and oxygen atoms in total. The van der Waals surface area contributed by atoms with Crippen LogP contribution in [0.15, 0.2) is 24.3 Å². The number of carbonyl (C=O) groups is 1. The van der Waals surface area contributed by atoms with Crippen molar-refractivity contribution < 1.29 is 4.79 Å². The first-order valence-electron chi connectivity index (χ1n) is 6.09. The Kier molecular flexibility index (Phi) is 3.35. The maximum atomic E-state index is 12.3. The van der Waals surface area contributed by atoms with E-state index in [0.717, 1.165) is 6.54 Å². The molecule has 1 N–H and O–H groups in total. The van der Waals surface area contributed by atoms with Gasteiger partial charge in [-0.05, 0) is 26.0 Å². The summed E-state index contributed by atoms with van der Waals surface area (Å²) in [6, 6.07) is 9.42. The molecular formula is C14H17N3O. The van der Waals surface area contributed by atoms with E-state index in [4.69, 9.17) is 0 Å². The average Bonchev–Trinajstić information content (AvgIpc) is 2.47. The molecule has 0 radical (unpaired) electrons. The number of nitrogens with one attached hydrogen (secondary N) is 1. The molecule has 1 aromatic carbocycles. The van der Waals surface area contributed by atoms with Gasteiger partial charge in [-0.2, -0.15) is 5.26 Å². The van der Waals surface area contributed by atoms with Crippen molar-refractivity contribution in [2.24, 2.45) is 0 Å². The van der Waals surface area contributed by atoms with Crippen molar-refractivity contribution >= 4 is 11.6 Å². The zero-order chi connectivity index (χ0) is 13.2. The standard InChI is InChI=1S/C14H17N3O/c1-14(2)10-16-8-7-13(18)17(14)12-6-4-3-5-11(12)9-15/h3-6,16H,7-8,10H2,1-2H3. The van der Waals surface area contributed by atoms with Gasteiger partial charge in [0.15, 0.2) is 0 Å². The van der Waals surface area contributed by atoms with E-state index < -0.39 is 0 Å². The van der Waals surface area contributed by atoms with Gasteiger partial charge >= 0.3 is 0 Å². The number of rotatable bonds is 1. The summed E-state index contributed by atoms with van der Waals surface area (Å²) in [6.45, 7) is 5.43. The smallest absolute Gasteiger partial charge is 0.228 e. The quantitative estimate of drug-likeness (QED) is 0.816. The van der Waals surface area contributed by atoms with Crippen LogP contribution in [0.3, 0.4) is 0 Å². The van der Waals surface area contributed by atoms with Crippen molar-refractivity contribution in [3.05, 3.63) is 29.8 Å². The van der Waals surface area contributed by atoms with E-state index in [0.29, 0.717) is 24.2 Å². The molecule has 0 atom stereocenters. The molecule has 1 heterocycles. The van der Waals surface area contributed by atoms with Crippen molar-refractivity contribution in [2.75, 3.05) is 18.0 Å². The Morgan fingerprint density at radius 1 is 1.39 bits per heavy atom. The summed E-state index contributed by atoms with van der Waals surface area (Å²) in [6.07, 6.45) is 0.462. The van der Waals surface area contributed by atoms with Crippen molar-refractivity contribution in [3.63, 3.8) is 0 Å². The number of nitrogens with zero attached hydrogens (tertiary/aromatic N) is 2. The fourth-order valence-corrected chi connectivity index (χ4v) is 2.34. The molecule has 0 bridgehead atoms. The summed E-state index contributed by atoms with van der Waals surface area (Å²) in [7, 11) is 0. The Morgan fingerprint density at radius 2 is 2.11 bits per heavy atom. The molecule has 1 aliphatic heterocycles. The maximum Gasteiger partial charge on any atom is 0.228 e. The largest absolute Gasteiger partial charge is 0.314 e. The molecule has 1 saturated heterocycles. The first kappa shape index (κ1) is 12.6. The number of hydrogen-bond acceptors (Lipinski definition) is 3. The highest BCUT2D eigenvalue weighted by atomic mass is 16.2. The zero-order valence-corrected chi connectivity index (χ0v) is 10.7. The van der Waals surface area contributed by atoms with Gasteiger partial charge in [0.25, 0.3) is 0 Å². The molecule has 1 fully saturated rings. The van der Waals surface area contributed by atoms with Crippen LogP contribution >= 0.6 is 0 Å². The van der Waals surface area contributed by atoms with E-state index in [-0.39, 0.29) is 11.4 Å². The summed E-state index contributed by atoms with van der Waals surface area (Å²) in [5.74, 6) is 0.0627. The number of anilines is 1. The molecule has 2 rings (SSSR count). The molecule has 0 aromatic heterocycles. The Labute approximate surface area is 107 Å². The molecule has 94 valence electrons. The minimum atomic E-state index is -0.333. The zero-order valence-electron chi connectivity index (χ0n) is 10.7. The van der Waals surface area contributed by atoms with Gasteiger partial charge in [-0.1, -0.05) is 12.1 Å². The van der Waals surface area contributed by atoms with E-state index in [9.17, 15) is 10.1 Å². The Bertz CT molecular complexity index is 502. The molecule has 1 aliphatic rings. The summed E-state index contributed by atoms with van der Waals surface area (Å²) < 4.78 is 0. The van der Waals surface area contributed by atoms with Crippen LogP contribution in [0.1, 0.15) is 25.8 Å². The van der Waals surface area contributed by atoms with Crippen LogP contribution in [0.5, 0.6) is 0 Å². The molecule has 1 amide bonds. The van der Waals surface area contributed by atoms with Gasteiger partial charge in [0.1, 0.15) is 6.07 Å². The average molecular weight is 243 g/mol. The molecule has 4 heteroatoms. The molecular weight excluding hydrogens is 226 g/mol. The van der Waals surface area contributed by atoms with Gasteiger partial charge in [0.2, 0.25) is 5.91 Å². The molecule has 0 spiro atoms. The minimum absolute atomic E-state index is 0.0627. The maximum absolute atomic E-state index is 12.3. The van der Waals surface area contributed by atoms with Gasteiger partial charge < -0.3 is 10.2 Å². The molecule has 0 aliphatic carbocycles. The normalized spacial score (nSPS) is 19.2. The van der Waals surface area contributed by atoms with Crippen LogP contribution in [-0.2, 0) is 4.79 Å². The number of amides is 1. The van der Waals surface area contributed by atoms with Gasteiger partial charge in [0, 0.05) is 19.5 Å². The van der Waals surface area contributed by atoms with Crippen molar-refractivity contribution in [3.8, 4) is 6.07 Å². The Morgan fingerprint density at radius 3 is 2.83 bits per heavy atom. The number of hydrogen-bond donors (Lipinski definition) is 1. The molecule has 18 heavy (non-hydrogen) atoms. The number of benzene rings is 1. The lowest BCUT2D eigenvalue weighted by atomic mass is 10.00. The van der Waals surface area contributed by atoms with Crippen LogP contribution in [0.25, 0.3) is 0 Å². The fourth-order valence-electron chi connectivity index (χ4n) is 2.34. The van der Waals surface area contributed by atoms with Gasteiger partial charge in [0.05, 0.1) is 16.8 Å². The van der Waals surface area contributed by atoms with Crippen LogP contribution in [0.4, 0.5) is 5.69 Å². The molecule has 0 unspecified atom stereocenters. The first-order chi connectivity index (χ1) is 8.56. The number of carbonyl (C=O) groups excluding carboxylic acids is 1. The van der Waals surface area contributed by atoms with E-state index in [1.54, 1.807) is 11.0 Å². The third-order valence-electron chi connectivity index (χ3n) is 3.19. The van der Waals surface area contributed by atoms with Gasteiger partial charge in [-0.15, -0.1) is 0 Å². The number of nitriles is 1. The summed E-state index contributed by atoms with van der Waals surface area (Å²) in [5, 5.41) is 12.4. The highest BCUT2D eigenvalue weighted by Gasteiger charge is 2.34. The van der Waals surface area contributed by atoms with E-state index in [1.807, 2.05) is 32.0 Å². The van der Waals surface area contributed by atoms with Crippen LogP contribution < -0.4 is 10.2 Å². The van der Waals surface area contributed by atoms with Crippen molar-refractivity contribution in [2.45, 2.75) is 25.8 Å². The van der Waals surface area contributed by atoms with Crippen LogP contribution in [0, 0.1) is 11.3 Å². The molecule has 0 saturated carbocycles. The van der Waals surface area contributed by atoms with Crippen molar-refractivity contribution in [1.29, 1.82) is 5.26 Å². The highest BCUT2D eigenvalue weighted by Crippen LogP contribution is 2.28. The summed E-state index contributed by atoms with van der Waals surface area (Å²) in [5.41, 5.74) is 0.917. The summed E-state index contributed by atoms with van der Waals surface area (Å²) in [4.78, 5) is 14.0. The van der Waals surface area contributed by atoms with Gasteiger partial charge in [-0.25, -0.2) is 0 Å². The van der Waals surface area contributed by atoms with Crippen molar-refractivity contribution in [1.82, 2.24) is 5.32 Å². The lowest BCUT2D eigenvalue weighted by Gasteiger charge is -2.37. The first-order valence-corrected chi connectivity index (χ1v) is 6.09. The highest BCUT2D eigenvalue weighted by molar-refractivity contribution is 5.96. The predicted molar refractivity (Wildman–Crippen MR) is 70.2 cm³/mol. The summed E-state index contributed by atoms with van der Waals surface area (Å²) >= 11 is 0. The fraction of sp³-hybridized carbons (Fsp3) is 0.429. The second-order valence-corrected chi connectivity index (χ2v) is 5.10. The predicted octanol–water partition coefficient (Wildman–Crippen LogP) is 1.66. The second kappa shape index (κ2) is 4.79. The second-order valence-electron chi connectivity index (χ2n) is 5.10. The monoisotopic (exact) mass is 243 g/mol. The Balaban J connectivity index is 2.51. The van der Waals surface area contributed by atoms with E-state index in [1.165, 1.54) is 0 Å². The van der Waals surface area contributed by atoms with E-state index in [2.05, 4.69) is 11.4 Å². The minimum Gasteiger partial charge on any atom is -0.314 e. The van der Waals surface area contributed by atoms with Crippen LogP contribution in [0.2, 0.25) is 0 Å². The van der Waals surface area contributed by atoms with Crippen LogP contribution in [-0.4, -0.2) is 24.5 Å². The molecule has 1 aromatic rings. The SMILES string of the molecule is CC1(C)CNCCC(=O)N1c1ccccc1C#N. The van der Waals surface area contributed by atoms with Gasteiger partial charge in [-0.3, -0.25) is 4.79 Å². The number of para-hydroxylation sites is 1. The third-order valence-corrected chi connectivity index (χ3v) is 3.19. The third kappa shape index (κ3) is 2.22. The Hall–Kier alpha value is -1.86.